The van der Waals surface area contributed by atoms with E-state index in [1.165, 1.54) is 0 Å². The second-order valence-electron chi connectivity index (χ2n) is 2.59. The number of nitrogens with one attached hydrogen (secondary N) is 1. The molecule has 1 aromatic heterocycles. The van der Waals surface area contributed by atoms with Crippen molar-refractivity contribution in [2.45, 2.75) is 5.37 Å². The minimum atomic E-state index is 0.347. The van der Waals surface area contributed by atoms with Gasteiger partial charge >= 0.3 is 0 Å². The molecule has 0 aromatic carbocycles. The lowest BCUT2D eigenvalue weighted by molar-refractivity contribution is 0.636. The number of aryl methyl sites for hydroxylation is 1. The maximum atomic E-state index is 3.94. The molecular weight excluding hydrogens is 240 g/mol. The molecule has 1 aliphatic rings. The molecule has 0 spiro atoms. The standard InChI is InChI=1S/C6H9BrN4S/c1-11-4(5(7)9-10-11)6-8-2-3-12-6/h6,8H,2-3H2,1H3. The Kier molecular flexibility index (Phi) is 2.38. The van der Waals surface area contributed by atoms with Gasteiger partial charge in [0.15, 0.2) is 4.60 Å². The number of thioether (sulfide) groups is 1. The molecule has 1 N–H and O–H groups in total. The molecule has 4 nitrogen and oxygen atoms in total. The van der Waals surface area contributed by atoms with Gasteiger partial charge in [0.25, 0.3) is 0 Å². The van der Waals surface area contributed by atoms with Crippen LogP contribution in [-0.2, 0) is 7.05 Å². The zero-order valence-corrected chi connectivity index (χ0v) is 9.02. The van der Waals surface area contributed by atoms with Gasteiger partial charge in [-0.1, -0.05) is 5.21 Å². The predicted octanol–water partition coefficient (Wildman–Crippen LogP) is 0.913. The average molecular weight is 249 g/mol. The average Bonchev–Trinajstić information content (AvgIpc) is 2.61. The SMILES string of the molecule is Cn1nnc(Br)c1C1NCCS1. The van der Waals surface area contributed by atoms with Crippen molar-refractivity contribution >= 4 is 27.7 Å². The Bertz CT molecular complexity index is 262. The third-order valence-corrected chi connectivity index (χ3v) is 3.52. The van der Waals surface area contributed by atoms with Crippen molar-refractivity contribution in [3.05, 3.63) is 10.3 Å². The lowest BCUT2D eigenvalue weighted by Crippen LogP contribution is -2.15. The minimum Gasteiger partial charge on any atom is -0.299 e. The summed E-state index contributed by atoms with van der Waals surface area (Å²) in [6.45, 7) is 1.06. The molecule has 1 fully saturated rings. The van der Waals surface area contributed by atoms with Crippen LogP contribution in [0.2, 0.25) is 0 Å². The molecule has 12 heavy (non-hydrogen) atoms. The van der Waals surface area contributed by atoms with E-state index >= 15 is 0 Å². The molecule has 0 bridgehead atoms. The molecule has 0 aliphatic carbocycles. The van der Waals surface area contributed by atoms with E-state index in [9.17, 15) is 0 Å². The summed E-state index contributed by atoms with van der Waals surface area (Å²) in [5.41, 5.74) is 1.12. The summed E-state index contributed by atoms with van der Waals surface area (Å²) in [5, 5.41) is 11.6. The van der Waals surface area contributed by atoms with Crippen LogP contribution < -0.4 is 5.32 Å². The fourth-order valence-electron chi connectivity index (χ4n) is 1.22. The van der Waals surface area contributed by atoms with Gasteiger partial charge in [0.1, 0.15) is 5.69 Å². The highest BCUT2D eigenvalue weighted by Gasteiger charge is 2.23. The summed E-state index contributed by atoms with van der Waals surface area (Å²) < 4.78 is 2.65. The van der Waals surface area contributed by atoms with E-state index in [-0.39, 0.29) is 0 Å². The fraction of sp³-hybridized carbons (Fsp3) is 0.667. The number of aromatic nitrogens is 3. The molecule has 2 heterocycles. The third kappa shape index (κ3) is 1.38. The molecule has 0 radical (unpaired) electrons. The molecule has 66 valence electrons. The number of nitrogens with zero attached hydrogens (tertiary/aromatic N) is 3. The van der Waals surface area contributed by atoms with Crippen molar-refractivity contribution in [1.29, 1.82) is 0 Å². The Morgan fingerprint density at radius 1 is 1.75 bits per heavy atom. The van der Waals surface area contributed by atoms with Gasteiger partial charge in [0.05, 0.1) is 5.37 Å². The number of halogens is 1. The zero-order valence-electron chi connectivity index (χ0n) is 6.62. The first-order chi connectivity index (χ1) is 5.79. The second kappa shape index (κ2) is 3.35. The lowest BCUT2D eigenvalue weighted by atomic mass is 10.4. The Balaban J connectivity index is 2.30. The highest BCUT2D eigenvalue weighted by Crippen LogP contribution is 2.32. The topological polar surface area (TPSA) is 42.7 Å². The molecule has 6 heteroatoms. The highest BCUT2D eigenvalue weighted by atomic mass is 79.9. The van der Waals surface area contributed by atoms with Crippen molar-refractivity contribution in [1.82, 2.24) is 20.3 Å². The molecule has 2 rings (SSSR count). The van der Waals surface area contributed by atoms with E-state index in [1.54, 1.807) is 4.68 Å². The minimum absolute atomic E-state index is 0.347. The zero-order chi connectivity index (χ0) is 8.55. The Morgan fingerprint density at radius 2 is 2.58 bits per heavy atom. The van der Waals surface area contributed by atoms with Crippen LogP contribution in [-0.4, -0.2) is 27.3 Å². The van der Waals surface area contributed by atoms with E-state index < -0.39 is 0 Å². The molecule has 1 aliphatic heterocycles. The van der Waals surface area contributed by atoms with Crippen molar-refractivity contribution in [2.75, 3.05) is 12.3 Å². The maximum absolute atomic E-state index is 3.94. The normalized spacial score (nSPS) is 23.3. The summed E-state index contributed by atoms with van der Waals surface area (Å²) >= 11 is 5.27. The second-order valence-corrected chi connectivity index (χ2v) is 4.56. The molecule has 0 amide bonds. The first kappa shape index (κ1) is 8.52. The van der Waals surface area contributed by atoms with Crippen molar-refractivity contribution < 1.29 is 0 Å². The van der Waals surface area contributed by atoms with E-state index in [2.05, 4.69) is 31.6 Å². The Labute approximate surface area is 83.2 Å². The molecule has 1 saturated heterocycles. The number of rotatable bonds is 1. The summed E-state index contributed by atoms with van der Waals surface area (Å²) in [6.07, 6.45) is 0. The maximum Gasteiger partial charge on any atom is 0.154 e. The highest BCUT2D eigenvalue weighted by molar-refractivity contribution is 9.10. The van der Waals surface area contributed by atoms with Crippen LogP contribution in [0, 0.1) is 0 Å². The Hall–Kier alpha value is -0.0700. The largest absolute Gasteiger partial charge is 0.299 e. The fourth-order valence-corrected chi connectivity index (χ4v) is 3.06. The quantitative estimate of drug-likeness (QED) is 0.803. The molecule has 1 atom stereocenters. The predicted molar refractivity (Wildman–Crippen MR) is 51.9 cm³/mol. The van der Waals surface area contributed by atoms with Crippen LogP contribution >= 0.6 is 27.7 Å². The van der Waals surface area contributed by atoms with Crippen molar-refractivity contribution in [3.63, 3.8) is 0 Å². The Morgan fingerprint density at radius 3 is 3.08 bits per heavy atom. The smallest absolute Gasteiger partial charge is 0.154 e. The van der Waals surface area contributed by atoms with Gasteiger partial charge in [0, 0.05) is 19.3 Å². The number of hydrogen-bond donors (Lipinski definition) is 1. The van der Waals surface area contributed by atoms with Gasteiger partial charge in [-0.05, 0) is 15.9 Å². The first-order valence-corrected chi connectivity index (χ1v) is 5.53. The summed E-state index contributed by atoms with van der Waals surface area (Å²) in [5.74, 6) is 1.16. The van der Waals surface area contributed by atoms with Gasteiger partial charge < -0.3 is 0 Å². The van der Waals surface area contributed by atoms with E-state index in [0.29, 0.717) is 5.37 Å². The van der Waals surface area contributed by atoms with Crippen molar-refractivity contribution in [3.8, 4) is 0 Å². The molecular formula is C6H9BrN4S. The monoisotopic (exact) mass is 248 g/mol. The van der Waals surface area contributed by atoms with Crippen LogP contribution in [0.3, 0.4) is 0 Å². The van der Waals surface area contributed by atoms with Crippen LogP contribution in [0.15, 0.2) is 4.60 Å². The van der Waals surface area contributed by atoms with Crippen LogP contribution in [0.4, 0.5) is 0 Å². The van der Waals surface area contributed by atoms with Crippen LogP contribution in [0.5, 0.6) is 0 Å². The molecule has 1 aromatic rings. The summed E-state index contributed by atoms with van der Waals surface area (Å²) in [7, 11) is 1.91. The number of hydrogen-bond acceptors (Lipinski definition) is 4. The van der Waals surface area contributed by atoms with Gasteiger partial charge in [0.2, 0.25) is 0 Å². The lowest BCUT2D eigenvalue weighted by Gasteiger charge is -2.08. The van der Waals surface area contributed by atoms with Crippen molar-refractivity contribution in [2.24, 2.45) is 7.05 Å². The van der Waals surface area contributed by atoms with E-state index in [4.69, 9.17) is 0 Å². The first-order valence-electron chi connectivity index (χ1n) is 3.69. The summed E-state index contributed by atoms with van der Waals surface area (Å²) in [6, 6.07) is 0. The van der Waals surface area contributed by atoms with E-state index in [1.807, 2.05) is 18.8 Å². The summed E-state index contributed by atoms with van der Waals surface area (Å²) in [4.78, 5) is 0. The van der Waals surface area contributed by atoms with Gasteiger partial charge in [-0.15, -0.1) is 16.9 Å². The van der Waals surface area contributed by atoms with Gasteiger partial charge in [-0.25, -0.2) is 4.68 Å². The van der Waals surface area contributed by atoms with Gasteiger partial charge in [-0.2, -0.15) is 0 Å². The van der Waals surface area contributed by atoms with Gasteiger partial charge in [-0.3, -0.25) is 5.32 Å². The molecule has 1 unspecified atom stereocenters. The van der Waals surface area contributed by atoms with Crippen LogP contribution in [0.25, 0.3) is 0 Å². The molecule has 0 saturated carbocycles. The third-order valence-electron chi connectivity index (χ3n) is 1.79. The van der Waals surface area contributed by atoms with Crippen LogP contribution in [0.1, 0.15) is 11.1 Å². The van der Waals surface area contributed by atoms with E-state index in [0.717, 1.165) is 22.6 Å².